The number of benzene rings is 1. The molecule has 0 saturated carbocycles. The molecule has 3 N–H and O–H groups in total. The Morgan fingerprint density at radius 1 is 1.39 bits per heavy atom. The Labute approximate surface area is 108 Å². The van der Waals surface area contributed by atoms with Crippen molar-refractivity contribution in [1.82, 2.24) is 10.2 Å². The van der Waals surface area contributed by atoms with Gasteiger partial charge in [0.2, 0.25) is 0 Å². The first-order valence-electron chi connectivity index (χ1n) is 5.90. The van der Waals surface area contributed by atoms with E-state index in [0.29, 0.717) is 11.4 Å². The third-order valence-electron chi connectivity index (χ3n) is 2.30. The van der Waals surface area contributed by atoms with Gasteiger partial charge in [0, 0.05) is 18.3 Å². The lowest BCUT2D eigenvalue weighted by atomic mass is 10.3. The Morgan fingerprint density at radius 2 is 2.00 bits per heavy atom. The minimum atomic E-state index is -0.124. The largest absolute Gasteiger partial charge is 0.484 e. The Hall–Kier alpha value is -1.75. The van der Waals surface area contributed by atoms with Gasteiger partial charge in [-0.2, -0.15) is 0 Å². The molecule has 0 radical (unpaired) electrons. The van der Waals surface area contributed by atoms with E-state index in [1.54, 1.807) is 24.3 Å². The second-order valence-corrected chi connectivity index (χ2v) is 4.59. The van der Waals surface area contributed by atoms with E-state index in [1.807, 2.05) is 25.9 Å². The highest BCUT2D eigenvalue weighted by Crippen LogP contribution is 2.12. The van der Waals surface area contributed by atoms with Gasteiger partial charge in [0.25, 0.3) is 5.91 Å². The number of carbonyl (C=O) groups is 1. The molecule has 5 heteroatoms. The van der Waals surface area contributed by atoms with Crippen LogP contribution in [0.1, 0.15) is 6.92 Å². The van der Waals surface area contributed by atoms with Crippen LogP contribution >= 0.6 is 0 Å². The summed E-state index contributed by atoms with van der Waals surface area (Å²) in [5.74, 6) is 0.515. The van der Waals surface area contributed by atoms with Crippen molar-refractivity contribution in [2.24, 2.45) is 0 Å². The number of ether oxygens (including phenoxy) is 1. The molecule has 18 heavy (non-hydrogen) atoms. The van der Waals surface area contributed by atoms with Crippen LogP contribution in [0.5, 0.6) is 5.75 Å². The fraction of sp³-hybridized carbons (Fsp3) is 0.462. The Morgan fingerprint density at radius 3 is 2.56 bits per heavy atom. The molecule has 0 aromatic heterocycles. The number of nitrogens with two attached hydrogens (primary N) is 1. The zero-order chi connectivity index (χ0) is 13.5. The fourth-order valence-corrected chi connectivity index (χ4v) is 1.62. The number of likely N-dealkylation sites (N-methyl/N-ethyl adjacent to an activating group) is 1. The first-order chi connectivity index (χ1) is 8.47. The molecule has 1 unspecified atom stereocenters. The lowest BCUT2D eigenvalue weighted by Gasteiger charge is -2.18. The van der Waals surface area contributed by atoms with E-state index in [4.69, 9.17) is 10.5 Å². The number of nitrogens with zero attached hydrogens (tertiary/aromatic N) is 1. The number of rotatable bonds is 6. The molecule has 1 aromatic rings. The van der Waals surface area contributed by atoms with Crippen molar-refractivity contribution in [3.05, 3.63) is 24.3 Å². The topological polar surface area (TPSA) is 67.6 Å². The summed E-state index contributed by atoms with van der Waals surface area (Å²) in [5.41, 5.74) is 6.23. The Balaban J connectivity index is 2.30. The first-order valence-corrected chi connectivity index (χ1v) is 5.90. The monoisotopic (exact) mass is 251 g/mol. The van der Waals surface area contributed by atoms with E-state index < -0.39 is 0 Å². The lowest BCUT2D eigenvalue weighted by Crippen LogP contribution is -2.41. The maximum Gasteiger partial charge on any atom is 0.258 e. The maximum absolute atomic E-state index is 11.6. The number of hydrogen-bond acceptors (Lipinski definition) is 4. The summed E-state index contributed by atoms with van der Waals surface area (Å²) in [6.07, 6.45) is 0. The number of nitrogens with one attached hydrogen (secondary N) is 1. The van der Waals surface area contributed by atoms with Crippen LogP contribution in [-0.4, -0.2) is 44.1 Å². The molecular formula is C13H21N3O2. The van der Waals surface area contributed by atoms with Crippen molar-refractivity contribution >= 4 is 11.6 Å². The van der Waals surface area contributed by atoms with Crippen molar-refractivity contribution in [3.63, 3.8) is 0 Å². The molecule has 0 heterocycles. The van der Waals surface area contributed by atoms with E-state index >= 15 is 0 Å². The van der Waals surface area contributed by atoms with Crippen LogP contribution in [0.25, 0.3) is 0 Å². The summed E-state index contributed by atoms with van der Waals surface area (Å²) in [4.78, 5) is 13.6. The summed E-state index contributed by atoms with van der Waals surface area (Å²) in [6.45, 7) is 2.77. The molecule has 1 aromatic carbocycles. The zero-order valence-electron chi connectivity index (χ0n) is 11.1. The van der Waals surface area contributed by atoms with E-state index in [2.05, 4.69) is 5.32 Å². The number of anilines is 1. The van der Waals surface area contributed by atoms with Gasteiger partial charge >= 0.3 is 0 Å². The Bertz CT molecular complexity index is 376. The molecule has 0 spiro atoms. The van der Waals surface area contributed by atoms with Crippen LogP contribution < -0.4 is 15.8 Å². The third-order valence-corrected chi connectivity index (χ3v) is 2.30. The molecular weight excluding hydrogens is 230 g/mol. The van der Waals surface area contributed by atoms with Crippen LogP contribution in [-0.2, 0) is 4.79 Å². The molecule has 0 aliphatic carbocycles. The molecule has 5 nitrogen and oxygen atoms in total. The number of carbonyl (C=O) groups excluding carboxylic acids is 1. The highest BCUT2D eigenvalue weighted by atomic mass is 16.5. The fourth-order valence-electron chi connectivity index (χ4n) is 1.62. The zero-order valence-corrected chi connectivity index (χ0v) is 11.1. The molecule has 100 valence electrons. The van der Waals surface area contributed by atoms with Crippen LogP contribution in [0.4, 0.5) is 5.69 Å². The van der Waals surface area contributed by atoms with Crippen molar-refractivity contribution in [2.75, 3.05) is 33.0 Å². The summed E-state index contributed by atoms with van der Waals surface area (Å²) in [6, 6.07) is 7.06. The van der Waals surface area contributed by atoms with E-state index in [-0.39, 0.29) is 18.6 Å². The average molecular weight is 251 g/mol. The van der Waals surface area contributed by atoms with E-state index in [9.17, 15) is 4.79 Å². The smallest absolute Gasteiger partial charge is 0.258 e. The van der Waals surface area contributed by atoms with E-state index in [1.165, 1.54) is 0 Å². The third kappa shape index (κ3) is 5.54. The molecule has 0 fully saturated rings. The quantitative estimate of drug-likeness (QED) is 0.731. The van der Waals surface area contributed by atoms with Crippen LogP contribution in [0.3, 0.4) is 0 Å². The SMILES string of the molecule is CC(CN(C)C)NC(=O)COc1ccc(N)cc1. The average Bonchev–Trinajstić information content (AvgIpc) is 2.27. The standard InChI is InChI=1S/C13H21N3O2/c1-10(8-16(2)3)15-13(17)9-18-12-6-4-11(14)5-7-12/h4-7,10H,8-9,14H2,1-3H3,(H,15,17). The van der Waals surface area contributed by atoms with Crippen molar-refractivity contribution < 1.29 is 9.53 Å². The van der Waals surface area contributed by atoms with Gasteiger partial charge in [-0.3, -0.25) is 4.79 Å². The summed E-state index contributed by atoms with van der Waals surface area (Å²) >= 11 is 0. The predicted molar refractivity (Wildman–Crippen MR) is 72.5 cm³/mol. The second kappa shape index (κ2) is 6.86. The number of amides is 1. The van der Waals surface area contributed by atoms with Crippen molar-refractivity contribution in [1.29, 1.82) is 0 Å². The van der Waals surface area contributed by atoms with Gasteiger partial charge in [-0.25, -0.2) is 0 Å². The van der Waals surface area contributed by atoms with E-state index in [0.717, 1.165) is 6.54 Å². The van der Waals surface area contributed by atoms with Gasteiger partial charge in [0.1, 0.15) is 5.75 Å². The molecule has 0 aliphatic heterocycles. The minimum absolute atomic E-state index is 0.0156. The number of nitrogen functional groups attached to an aromatic ring is 1. The summed E-state index contributed by atoms with van der Waals surface area (Å²) < 4.78 is 5.35. The van der Waals surface area contributed by atoms with Crippen LogP contribution in [0.15, 0.2) is 24.3 Å². The lowest BCUT2D eigenvalue weighted by molar-refractivity contribution is -0.123. The molecule has 1 amide bonds. The molecule has 0 saturated heterocycles. The van der Waals surface area contributed by atoms with Crippen molar-refractivity contribution in [3.8, 4) is 5.75 Å². The van der Waals surface area contributed by atoms with Gasteiger partial charge in [0.15, 0.2) is 6.61 Å². The number of hydrogen-bond donors (Lipinski definition) is 2. The summed E-state index contributed by atoms with van der Waals surface area (Å²) in [5, 5.41) is 2.86. The van der Waals surface area contributed by atoms with Gasteiger partial charge in [-0.1, -0.05) is 0 Å². The molecule has 1 atom stereocenters. The minimum Gasteiger partial charge on any atom is -0.484 e. The first kappa shape index (κ1) is 14.3. The van der Waals surface area contributed by atoms with Crippen LogP contribution in [0.2, 0.25) is 0 Å². The van der Waals surface area contributed by atoms with Gasteiger partial charge < -0.3 is 20.7 Å². The second-order valence-electron chi connectivity index (χ2n) is 4.59. The Kier molecular flexibility index (Phi) is 5.45. The molecule has 1 rings (SSSR count). The normalized spacial score (nSPS) is 12.2. The summed E-state index contributed by atoms with van der Waals surface area (Å²) in [7, 11) is 3.93. The van der Waals surface area contributed by atoms with Crippen LogP contribution in [0, 0.1) is 0 Å². The molecule has 0 bridgehead atoms. The predicted octanol–water partition coefficient (Wildman–Crippen LogP) is 0.714. The maximum atomic E-state index is 11.6. The molecule has 0 aliphatic rings. The highest BCUT2D eigenvalue weighted by Gasteiger charge is 2.08. The van der Waals surface area contributed by atoms with Gasteiger partial charge in [-0.15, -0.1) is 0 Å². The highest BCUT2D eigenvalue weighted by molar-refractivity contribution is 5.77. The van der Waals surface area contributed by atoms with Gasteiger partial charge in [-0.05, 0) is 45.3 Å². The van der Waals surface area contributed by atoms with Crippen molar-refractivity contribution in [2.45, 2.75) is 13.0 Å². The van der Waals surface area contributed by atoms with Gasteiger partial charge in [0.05, 0.1) is 0 Å².